The maximum Gasteiger partial charge on any atom is 0.417 e. The van der Waals surface area contributed by atoms with Crippen molar-refractivity contribution in [3.63, 3.8) is 0 Å². The Morgan fingerprint density at radius 2 is 1.55 bits per heavy atom. The number of hydrogen-bond donors (Lipinski definition) is 1. The number of amides is 2. The monoisotopic (exact) mass is 777 g/mol. The molecule has 0 aliphatic carbocycles. The molecule has 0 spiro atoms. The minimum atomic E-state index is -4.90. The van der Waals surface area contributed by atoms with E-state index in [0.717, 1.165) is 27.7 Å². The van der Waals surface area contributed by atoms with Crippen LogP contribution >= 0.6 is 27.5 Å². The smallest absolute Gasteiger partial charge is 0.352 e. The average Bonchev–Trinajstić information content (AvgIpc) is 3.06. The van der Waals surface area contributed by atoms with E-state index in [9.17, 15) is 31.2 Å². The van der Waals surface area contributed by atoms with Crippen molar-refractivity contribution in [1.82, 2.24) is 10.2 Å². The lowest BCUT2D eigenvalue weighted by Crippen LogP contribution is -2.54. The van der Waals surface area contributed by atoms with Crippen LogP contribution in [0.5, 0.6) is 0 Å². The summed E-state index contributed by atoms with van der Waals surface area (Å²) in [6.07, 6.45) is -4.20. The van der Waals surface area contributed by atoms with Crippen LogP contribution in [-0.4, -0.2) is 43.8 Å². The molecule has 0 saturated heterocycles. The number of nitrogens with one attached hydrogen (secondary N) is 1. The number of carbonyl (C=O) groups is 2. The molecule has 13 heteroatoms. The number of hydrogen-bond acceptors (Lipinski definition) is 4. The Morgan fingerprint density at radius 3 is 2.14 bits per heavy atom. The zero-order chi connectivity index (χ0) is 35.9. The molecule has 0 heterocycles. The lowest BCUT2D eigenvalue weighted by molar-refractivity contribution is -0.140. The third kappa shape index (κ3) is 9.86. The maximum atomic E-state index is 14.6. The number of nitrogens with zero attached hydrogens (tertiary/aromatic N) is 2. The fraction of sp³-hybridized carbons (Fsp3) is 0.278. The molecule has 0 radical (unpaired) electrons. The molecule has 0 saturated carbocycles. The molecule has 0 aliphatic heterocycles. The molecule has 0 bridgehead atoms. The van der Waals surface area contributed by atoms with Gasteiger partial charge in [-0.15, -0.1) is 0 Å². The molecular formula is C36H36BrClF3N3O4S. The van der Waals surface area contributed by atoms with Crippen LogP contribution in [0.1, 0.15) is 42.5 Å². The Morgan fingerprint density at radius 1 is 0.918 bits per heavy atom. The molecule has 49 heavy (non-hydrogen) atoms. The van der Waals surface area contributed by atoms with Gasteiger partial charge in [0.05, 0.1) is 21.2 Å². The molecule has 4 aromatic carbocycles. The highest BCUT2D eigenvalue weighted by Crippen LogP contribution is 2.38. The maximum absolute atomic E-state index is 14.6. The average molecular weight is 779 g/mol. The third-order valence-electron chi connectivity index (χ3n) is 7.97. The van der Waals surface area contributed by atoms with Gasteiger partial charge in [0.1, 0.15) is 12.6 Å². The number of rotatable bonds is 13. The first-order chi connectivity index (χ1) is 23.1. The van der Waals surface area contributed by atoms with E-state index in [1.54, 1.807) is 55.5 Å². The fourth-order valence-corrected chi connectivity index (χ4v) is 6.93. The number of carbonyl (C=O) groups excluding carboxylic acids is 2. The first kappa shape index (κ1) is 37.9. The second-order valence-electron chi connectivity index (χ2n) is 11.7. The number of sulfonamides is 1. The van der Waals surface area contributed by atoms with Crippen molar-refractivity contribution in [3.8, 4) is 0 Å². The molecule has 0 aromatic heterocycles. The predicted octanol–water partition coefficient (Wildman–Crippen LogP) is 8.18. The summed E-state index contributed by atoms with van der Waals surface area (Å²) in [5.74, 6) is -1.26. The zero-order valence-corrected chi connectivity index (χ0v) is 30.2. The van der Waals surface area contributed by atoms with E-state index in [-0.39, 0.29) is 23.9 Å². The summed E-state index contributed by atoms with van der Waals surface area (Å²) in [5.41, 5.74) is 0.466. The summed E-state index contributed by atoms with van der Waals surface area (Å²) in [6.45, 7) is 4.48. The van der Waals surface area contributed by atoms with Crippen molar-refractivity contribution >= 4 is 55.1 Å². The van der Waals surface area contributed by atoms with Gasteiger partial charge in [-0.25, -0.2) is 8.42 Å². The molecule has 0 fully saturated rings. The summed E-state index contributed by atoms with van der Waals surface area (Å²) in [5, 5.41) is 2.32. The van der Waals surface area contributed by atoms with Gasteiger partial charge in [0.15, 0.2) is 0 Å². The van der Waals surface area contributed by atoms with Gasteiger partial charge >= 0.3 is 6.18 Å². The number of anilines is 1. The van der Waals surface area contributed by atoms with Crippen molar-refractivity contribution < 1.29 is 31.2 Å². The highest BCUT2D eigenvalue weighted by atomic mass is 79.9. The van der Waals surface area contributed by atoms with Gasteiger partial charge in [-0.05, 0) is 73.9 Å². The Kier molecular flexibility index (Phi) is 12.6. The van der Waals surface area contributed by atoms with Gasteiger partial charge in [0.25, 0.3) is 10.0 Å². The van der Waals surface area contributed by atoms with Crippen molar-refractivity contribution in [2.75, 3.05) is 10.8 Å². The molecule has 2 amide bonds. The molecule has 4 rings (SSSR count). The number of aryl methyl sites for hydroxylation is 1. The van der Waals surface area contributed by atoms with Crippen LogP contribution in [0, 0.1) is 6.92 Å². The molecule has 0 aliphatic rings. The van der Waals surface area contributed by atoms with Gasteiger partial charge in [-0.3, -0.25) is 13.9 Å². The molecule has 7 nitrogen and oxygen atoms in total. The van der Waals surface area contributed by atoms with Crippen LogP contribution in [0.4, 0.5) is 18.9 Å². The zero-order valence-electron chi connectivity index (χ0n) is 27.0. The molecular weight excluding hydrogens is 743 g/mol. The van der Waals surface area contributed by atoms with E-state index in [1.165, 1.54) is 17.0 Å². The Bertz CT molecular complexity index is 1860. The molecule has 2 atom stereocenters. The topological polar surface area (TPSA) is 86.8 Å². The fourth-order valence-electron chi connectivity index (χ4n) is 5.03. The first-order valence-corrected chi connectivity index (χ1v) is 18.1. The Balaban J connectivity index is 1.87. The predicted molar refractivity (Wildman–Crippen MR) is 189 cm³/mol. The first-order valence-electron chi connectivity index (χ1n) is 15.4. The quantitative estimate of drug-likeness (QED) is 0.148. The normalized spacial score (nSPS) is 13.0. The largest absolute Gasteiger partial charge is 0.417 e. The lowest BCUT2D eigenvalue weighted by Gasteiger charge is -2.34. The van der Waals surface area contributed by atoms with E-state index in [4.69, 9.17) is 11.6 Å². The Labute approximate surface area is 298 Å². The van der Waals surface area contributed by atoms with E-state index in [2.05, 4.69) is 21.2 Å². The highest BCUT2D eigenvalue weighted by molar-refractivity contribution is 9.10. The number of benzene rings is 4. The van der Waals surface area contributed by atoms with Gasteiger partial charge in [0.2, 0.25) is 11.8 Å². The molecule has 4 aromatic rings. The van der Waals surface area contributed by atoms with Crippen LogP contribution in [-0.2, 0) is 38.8 Å². The van der Waals surface area contributed by atoms with Crippen LogP contribution in [0.25, 0.3) is 0 Å². The lowest BCUT2D eigenvalue weighted by atomic mass is 10.0. The summed E-state index contributed by atoms with van der Waals surface area (Å²) in [7, 11) is -4.61. The van der Waals surface area contributed by atoms with E-state index < -0.39 is 56.9 Å². The van der Waals surface area contributed by atoms with Crippen LogP contribution < -0.4 is 9.62 Å². The third-order valence-corrected chi connectivity index (χ3v) is 10.6. The Hall–Kier alpha value is -3.87. The highest BCUT2D eigenvalue weighted by Gasteiger charge is 2.38. The summed E-state index contributed by atoms with van der Waals surface area (Å²) in [6, 6.07) is 23.2. The van der Waals surface area contributed by atoms with Crippen molar-refractivity contribution in [2.45, 2.75) is 63.3 Å². The van der Waals surface area contributed by atoms with Crippen molar-refractivity contribution in [1.29, 1.82) is 0 Å². The van der Waals surface area contributed by atoms with Crippen LogP contribution in [0.2, 0.25) is 5.02 Å². The van der Waals surface area contributed by atoms with Crippen LogP contribution in [0.3, 0.4) is 0 Å². The van der Waals surface area contributed by atoms with Crippen molar-refractivity contribution in [3.05, 3.63) is 129 Å². The second-order valence-corrected chi connectivity index (χ2v) is 14.8. The van der Waals surface area contributed by atoms with Gasteiger partial charge < -0.3 is 10.2 Å². The minimum Gasteiger partial charge on any atom is -0.352 e. The molecule has 0 unspecified atom stereocenters. The van der Waals surface area contributed by atoms with Gasteiger partial charge in [-0.2, -0.15) is 13.2 Å². The summed E-state index contributed by atoms with van der Waals surface area (Å²) < 4.78 is 71.7. The SMILES string of the molecule is CC[C@@H](C)NC(=O)[C@@H](Cc1ccccc1)N(Cc1ccc(Br)cc1)C(=O)CN(c1ccc(Cl)c(C(F)(F)F)c1)S(=O)(=O)c1ccc(C)cc1. The standard InChI is InChI=1S/C36H36BrClF3N3O4S/c1-4-25(3)42-35(46)33(20-26-8-6-5-7-9-26)43(22-27-12-14-28(37)15-13-27)34(45)23-44(49(47,48)30-17-10-24(2)11-18-30)29-16-19-32(38)31(21-29)36(39,40)41/h5-19,21,25,33H,4,20,22-23H2,1-3H3,(H,42,46)/t25-,33-/m1/s1. The number of halogens is 5. The number of alkyl halides is 3. The summed E-state index contributed by atoms with van der Waals surface area (Å²) >= 11 is 9.28. The van der Waals surface area contributed by atoms with Crippen molar-refractivity contribution in [2.24, 2.45) is 0 Å². The van der Waals surface area contributed by atoms with E-state index in [1.807, 2.05) is 32.0 Å². The van der Waals surface area contributed by atoms with Gasteiger partial charge in [-0.1, -0.05) is 94.6 Å². The molecule has 1 N–H and O–H groups in total. The second kappa shape index (κ2) is 16.2. The molecule has 260 valence electrons. The van der Waals surface area contributed by atoms with E-state index in [0.29, 0.717) is 22.4 Å². The minimum absolute atomic E-state index is 0.0925. The van der Waals surface area contributed by atoms with E-state index >= 15 is 0 Å². The summed E-state index contributed by atoms with van der Waals surface area (Å²) in [4.78, 5) is 29.5. The van der Waals surface area contributed by atoms with Crippen LogP contribution in [0.15, 0.2) is 106 Å². The van der Waals surface area contributed by atoms with Gasteiger partial charge in [0, 0.05) is 23.5 Å².